The van der Waals surface area contributed by atoms with Crippen molar-refractivity contribution in [3.05, 3.63) is 76.8 Å². The summed E-state index contributed by atoms with van der Waals surface area (Å²) in [6, 6.07) is 3.18. The molecule has 0 aromatic heterocycles. The number of benzene rings is 2. The molecule has 176 valence electrons. The number of hydrogen-bond acceptors (Lipinski definition) is 4. The van der Waals surface area contributed by atoms with Gasteiger partial charge in [0.15, 0.2) is 0 Å². The molecule has 0 spiro atoms. The van der Waals surface area contributed by atoms with E-state index in [9.17, 15) is 22.9 Å². The summed E-state index contributed by atoms with van der Waals surface area (Å²) in [7, 11) is -4.75. The Kier molecular flexibility index (Phi) is 11.7. The van der Waals surface area contributed by atoms with Gasteiger partial charge >= 0.3 is 29.6 Å². The standard InChI is InChI=1S/C19H6Br8O5S.Na.H/c20-7-1-5(2-8(21)17(7)28)11(6-3-9(22)18(29)10(23)4-6)12-13(24)14(25)15(26)16(27)19(12)33(30,31)32;;/h1-4,28H,(H,30,31,32);;. The van der Waals surface area contributed by atoms with Crippen LogP contribution in [0.4, 0.5) is 0 Å². The third kappa shape index (κ3) is 6.36. The average Bonchev–Trinajstić information content (AvgIpc) is 2.71. The fourth-order valence-electron chi connectivity index (χ4n) is 2.95. The summed E-state index contributed by atoms with van der Waals surface area (Å²) in [6.07, 6.45) is 3.09. The SMILES string of the molecule is O=C1C(Br)=CC(=C(c2cc(Br)c(O)c(Br)c2)c2c(Br)c(Br)c(Br)c(Br)c2S(=O)(=O)O)C=C1Br.[NaH]. The van der Waals surface area contributed by atoms with Gasteiger partial charge in [-0.3, -0.25) is 9.35 Å². The van der Waals surface area contributed by atoms with Gasteiger partial charge in [-0.15, -0.1) is 0 Å². The van der Waals surface area contributed by atoms with Gasteiger partial charge < -0.3 is 5.11 Å². The van der Waals surface area contributed by atoms with Crippen LogP contribution in [0.25, 0.3) is 5.57 Å². The van der Waals surface area contributed by atoms with Crippen LogP contribution in [0, 0.1) is 0 Å². The number of phenols is 1. The normalized spacial score (nSPS) is 13.9. The Morgan fingerprint density at radius 1 is 0.765 bits per heavy atom. The number of carbonyl (C=O) groups is 1. The summed E-state index contributed by atoms with van der Waals surface area (Å²) in [5, 5.41) is 10.2. The number of ketones is 1. The van der Waals surface area contributed by atoms with Gasteiger partial charge in [0, 0.05) is 19.0 Å². The second kappa shape index (κ2) is 12.4. The summed E-state index contributed by atoms with van der Waals surface area (Å²) in [5.41, 5.74) is 1.37. The number of Topliss-reactive ketones (excluding diaryl/α,β-unsaturated/α-hetero) is 1. The first-order valence-corrected chi connectivity index (χ1v) is 16.0. The molecular formula is C19H7Br8NaO5S. The van der Waals surface area contributed by atoms with E-state index in [1.54, 1.807) is 24.3 Å². The van der Waals surface area contributed by atoms with Gasteiger partial charge in [0.2, 0.25) is 5.78 Å². The van der Waals surface area contributed by atoms with E-state index < -0.39 is 15.0 Å². The van der Waals surface area contributed by atoms with Gasteiger partial charge in [-0.05, 0) is 168 Å². The number of hydrogen-bond donors (Lipinski definition) is 2. The Morgan fingerprint density at radius 3 is 1.65 bits per heavy atom. The van der Waals surface area contributed by atoms with Gasteiger partial charge in [0.1, 0.15) is 10.6 Å². The molecule has 0 unspecified atom stereocenters. The zero-order valence-electron chi connectivity index (χ0n) is 15.4. The van der Waals surface area contributed by atoms with E-state index in [1.807, 2.05) is 0 Å². The van der Waals surface area contributed by atoms with Crippen LogP contribution in [0.15, 0.2) is 70.6 Å². The average molecular weight is 1010 g/mol. The van der Waals surface area contributed by atoms with Crippen molar-refractivity contribution in [2.75, 3.05) is 0 Å². The zero-order chi connectivity index (χ0) is 25.0. The van der Waals surface area contributed by atoms with Crippen molar-refractivity contribution in [1.29, 1.82) is 0 Å². The molecule has 3 rings (SSSR count). The van der Waals surface area contributed by atoms with Crippen molar-refractivity contribution < 1.29 is 22.9 Å². The monoisotopic (exact) mass is 1000 g/mol. The third-order valence-electron chi connectivity index (χ3n) is 4.32. The van der Waals surface area contributed by atoms with Crippen molar-refractivity contribution in [2.24, 2.45) is 0 Å². The Morgan fingerprint density at radius 2 is 1.21 bits per heavy atom. The van der Waals surface area contributed by atoms with Gasteiger partial charge in [0.25, 0.3) is 10.1 Å². The van der Waals surface area contributed by atoms with Crippen molar-refractivity contribution >= 4 is 178 Å². The molecule has 0 bridgehead atoms. The second-order valence-electron chi connectivity index (χ2n) is 6.37. The van der Waals surface area contributed by atoms with Crippen LogP contribution in [0.1, 0.15) is 11.1 Å². The number of allylic oxidation sites excluding steroid dienone is 5. The first-order chi connectivity index (χ1) is 15.2. The maximum atomic E-state index is 12.6. The van der Waals surface area contributed by atoms with Gasteiger partial charge in [-0.25, -0.2) is 0 Å². The van der Waals surface area contributed by atoms with E-state index in [0.29, 0.717) is 39.1 Å². The first kappa shape index (κ1) is 32.1. The number of phenolic OH excluding ortho intramolecular Hbond substituents is 1. The topological polar surface area (TPSA) is 91.7 Å². The maximum absolute atomic E-state index is 12.6. The fourth-order valence-corrected chi connectivity index (χ4v) is 9.30. The van der Waals surface area contributed by atoms with Gasteiger partial charge in [-0.2, -0.15) is 8.42 Å². The predicted molar refractivity (Wildman–Crippen MR) is 163 cm³/mol. The molecule has 15 heteroatoms. The van der Waals surface area contributed by atoms with Crippen molar-refractivity contribution in [1.82, 2.24) is 0 Å². The van der Waals surface area contributed by atoms with E-state index in [0.717, 1.165) is 0 Å². The summed E-state index contributed by atoms with van der Waals surface area (Å²) in [6.45, 7) is 0. The molecule has 34 heavy (non-hydrogen) atoms. The van der Waals surface area contributed by atoms with E-state index >= 15 is 0 Å². The molecule has 0 fully saturated rings. The van der Waals surface area contributed by atoms with Crippen molar-refractivity contribution in [3.8, 4) is 5.75 Å². The molecule has 2 N–H and O–H groups in total. The summed E-state index contributed by atoms with van der Waals surface area (Å²) >= 11 is 26.6. The van der Waals surface area contributed by atoms with Crippen LogP contribution >= 0.6 is 127 Å². The number of rotatable bonds is 3. The number of aromatic hydroxyl groups is 1. The molecule has 1 aliphatic rings. The Labute approximate surface area is 284 Å². The van der Waals surface area contributed by atoms with Crippen LogP contribution in [-0.2, 0) is 14.9 Å². The molecule has 5 nitrogen and oxygen atoms in total. The minimum atomic E-state index is -4.75. The molecule has 0 amide bonds. The number of halogens is 8. The van der Waals surface area contributed by atoms with E-state index in [2.05, 4.69) is 127 Å². The fraction of sp³-hybridized carbons (Fsp3) is 0. The summed E-state index contributed by atoms with van der Waals surface area (Å²) in [4.78, 5) is 11.9. The molecule has 2 aromatic carbocycles. The van der Waals surface area contributed by atoms with Crippen LogP contribution in [0.5, 0.6) is 5.75 Å². The molecule has 2 aromatic rings. The van der Waals surface area contributed by atoms with E-state index in [-0.39, 0.29) is 60.1 Å². The van der Waals surface area contributed by atoms with E-state index in [1.165, 1.54) is 0 Å². The third-order valence-corrected chi connectivity index (χ3v) is 12.7. The Balaban J connectivity index is 0.00000408. The molecular weight excluding hydrogens is 1000 g/mol. The minimum absolute atomic E-state index is 0. The van der Waals surface area contributed by atoms with Crippen molar-refractivity contribution in [2.45, 2.75) is 4.90 Å². The van der Waals surface area contributed by atoms with Crippen LogP contribution in [-0.4, -0.2) is 53.4 Å². The molecule has 0 heterocycles. The molecule has 0 saturated carbocycles. The van der Waals surface area contributed by atoms with Crippen LogP contribution in [0.2, 0.25) is 0 Å². The molecule has 0 radical (unpaired) electrons. The number of carbonyl (C=O) groups excluding carboxylic acids is 1. The Hall–Kier alpha value is 1.88. The predicted octanol–water partition coefficient (Wildman–Crippen LogP) is 8.51. The van der Waals surface area contributed by atoms with Crippen LogP contribution < -0.4 is 0 Å². The molecule has 0 atom stereocenters. The first-order valence-electron chi connectivity index (χ1n) is 8.22. The van der Waals surface area contributed by atoms with Gasteiger partial charge in [-0.1, -0.05) is 0 Å². The zero-order valence-corrected chi connectivity index (χ0v) is 28.9. The summed E-state index contributed by atoms with van der Waals surface area (Å²) < 4.78 is 37.7. The molecule has 0 saturated heterocycles. The quantitative estimate of drug-likeness (QED) is 0.139. The molecule has 0 aliphatic heterocycles. The van der Waals surface area contributed by atoms with Crippen molar-refractivity contribution in [3.63, 3.8) is 0 Å². The van der Waals surface area contributed by atoms with E-state index in [4.69, 9.17) is 0 Å². The summed E-state index contributed by atoms with van der Waals surface area (Å²) in [5.74, 6) is -0.346. The second-order valence-corrected chi connectivity index (χ2v) is 14.3. The van der Waals surface area contributed by atoms with Gasteiger partial charge in [0.05, 0.1) is 22.4 Å². The van der Waals surface area contributed by atoms with Crippen LogP contribution in [0.3, 0.4) is 0 Å². The Bertz CT molecular complexity index is 1400. The molecule has 1 aliphatic carbocycles.